The van der Waals surface area contributed by atoms with Gasteiger partial charge in [-0.3, -0.25) is 9.69 Å². The highest BCUT2D eigenvalue weighted by atomic mass is 19.4. The molecule has 1 N–H and O–H groups in total. The summed E-state index contributed by atoms with van der Waals surface area (Å²) in [4.78, 5) is 18.2. The molecule has 0 radical (unpaired) electrons. The summed E-state index contributed by atoms with van der Waals surface area (Å²) in [6.07, 6.45) is -3.08. The molecule has 6 nitrogen and oxygen atoms in total. The second kappa shape index (κ2) is 8.05. The number of rotatable bonds is 6. The number of hydrogen-bond acceptors (Lipinski definition) is 4. The molecule has 0 saturated carbocycles. The van der Waals surface area contributed by atoms with Crippen LogP contribution in [0.4, 0.5) is 13.2 Å². The summed E-state index contributed by atoms with van der Waals surface area (Å²) in [5.41, 5.74) is -0.548. The molecule has 1 fully saturated rings. The number of alkyl halides is 3. The Morgan fingerprint density at radius 1 is 1.27 bits per heavy atom. The Morgan fingerprint density at radius 3 is 2.77 bits per heavy atom. The largest absolute Gasteiger partial charge is 0.431 e. The predicted molar refractivity (Wildman–Crippen MR) is 89.6 cm³/mol. The average Bonchev–Trinajstić information content (AvgIpc) is 3.00. The summed E-state index contributed by atoms with van der Waals surface area (Å²) in [7, 11) is 0. The highest BCUT2D eigenvalue weighted by Gasteiger charge is 2.35. The van der Waals surface area contributed by atoms with Crippen LogP contribution < -0.4 is 5.32 Å². The third kappa shape index (κ3) is 4.53. The zero-order valence-electron chi connectivity index (χ0n) is 14.3. The van der Waals surface area contributed by atoms with Gasteiger partial charge in [-0.25, -0.2) is 4.98 Å². The van der Waals surface area contributed by atoms with Crippen LogP contribution in [0.3, 0.4) is 0 Å². The number of carbonyl (C=O) groups excluding carboxylic acids is 1. The van der Waals surface area contributed by atoms with E-state index in [1.165, 1.54) is 6.20 Å². The van der Waals surface area contributed by atoms with Crippen molar-refractivity contribution in [2.75, 3.05) is 39.4 Å². The van der Waals surface area contributed by atoms with E-state index in [4.69, 9.17) is 4.74 Å². The van der Waals surface area contributed by atoms with Gasteiger partial charge in [-0.15, -0.1) is 0 Å². The monoisotopic (exact) mass is 370 g/mol. The van der Waals surface area contributed by atoms with Gasteiger partial charge >= 0.3 is 6.18 Å². The maximum Gasteiger partial charge on any atom is 0.431 e. The van der Waals surface area contributed by atoms with Crippen molar-refractivity contribution in [1.82, 2.24) is 19.8 Å². The Labute approximate surface area is 148 Å². The summed E-state index contributed by atoms with van der Waals surface area (Å²) in [6.45, 7) is 4.12. The molecule has 0 bridgehead atoms. The quantitative estimate of drug-likeness (QED) is 0.844. The van der Waals surface area contributed by atoms with E-state index in [0.29, 0.717) is 31.7 Å². The van der Waals surface area contributed by atoms with Crippen molar-refractivity contribution >= 4 is 16.9 Å². The van der Waals surface area contributed by atoms with E-state index < -0.39 is 11.9 Å². The molecule has 0 atom stereocenters. The second-order valence-electron chi connectivity index (χ2n) is 6.15. The Hall–Kier alpha value is -2.13. The maximum atomic E-state index is 13.3. The first-order valence-electron chi connectivity index (χ1n) is 8.53. The lowest BCUT2D eigenvalue weighted by Crippen LogP contribution is -2.41. The lowest BCUT2D eigenvalue weighted by atomic mass is 10.3. The number of aryl methyl sites for hydroxylation is 1. The van der Waals surface area contributed by atoms with Crippen LogP contribution in [0.2, 0.25) is 0 Å². The van der Waals surface area contributed by atoms with Gasteiger partial charge in [-0.2, -0.15) is 13.2 Å². The summed E-state index contributed by atoms with van der Waals surface area (Å²) in [5.74, 6) is -0.274. The summed E-state index contributed by atoms with van der Waals surface area (Å²) < 4.78 is 46.1. The molecular weight excluding hydrogens is 349 g/mol. The van der Waals surface area contributed by atoms with Gasteiger partial charge in [-0.05, 0) is 18.2 Å². The van der Waals surface area contributed by atoms with Crippen molar-refractivity contribution in [3.8, 4) is 0 Å². The van der Waals surface area contributed by atoms with Crippen molar-refractivity contribution in [1.29, 1.82) is 0 Å². The number of amides is 1. The van der Waals surface area contributed by atoms with Crippen LogP contribution in [-0.4, -0.2) is 59.8 Å². The van der Waals surface area contributed by atoms with Gasteiger partial charge in [0.1, 0.15) is 11.3 Å². The van der Waals surface area contributed by atoms with Crippen LogP contribution in [0.1, 0.15) is 12.1 Å². The zero-order valence-corrected chi connectivity index (χ0v) is 14.3. The predicted octanol–water partition coefficient (Wildman–Crippen LogP) is 1.89. The lowest BCUT2D eigenvalue weighted by Gasteiger charge is -2.26. The molecule has 1 saturated heterocycles. The van der Waals surface area contributed by atoms with Gasteiger partial charge in [-0.1, -0.05) is 0 Å². The van der Waals surface area contributed by atoms with E-state index in [-0.39, 0.29) is 24.5 Å². The summed E-state index contributed by atoms with van der Waals surface area (Å²) in [5, 5.41) is 3.17. The molecule has 142 valence electrons. The summed E-state index contributed by atoms with van der Waals surface area (Å²) in [6, 6.07) is 4.24. The van der Waals surface area contributed by atoms with Crippen molar-refractivity contribution in [3.63, 3.8) is 0 Å². The Kier molecular flexibility index (Phi) is 5.77. The molecular formula is C17H21F3N4O2. The number of pyridine rings is 1. The van der Waals surface area contributed by atoms with E-state index >= 15 is 0 Å². The zero-order chi connectivity index (χ0) is 18.6. The van der Waals surface area contributed by atoms with Crippen LogP contribution in [0.5, 0.6) is 0 Å². The Morgan fingerprint density at radius 2 is 2.04 bits per heavy atom. The number of nitrogens with one attached hydrogen (secondary N) is 1. The van der Waals surface area contributed by atoms with Crippen molar-refractivity contribution in [3.05, 3.63) is 30.1 Å². The van der Waals surface area contributed by atoms with Crippen molar-refractivity contribution < 1.29 is 22.7 Å². The fourth-order valence-electron chi connectivity index (χ4n) is 3.03. The van der Waals surface area contributed by atoms with E-state index in [0.717, 1.165) is 23.7 Å². The van der Waals surface area contributed by atoms with Crippen LogP contribution >= 0.6 is 0 Å². The SMILES string of the molecule is O=C(CCn1c(C(F)(F)F)cc2cccnc21)NCCN1CCOCC1. The van der Waals surface area contributed by atoms with Gasteiger partial charge in [0.15, 0.2) is 0 Å². The van der Waals surface area contributed by atoms with Crippen molar-refractivity contribution in [2.24, 2.45) is 0 Å². The molecule has 0 spiro atoms. The molecule has 1 amide bonds. The Bertz CT molecular complexity index is 754. The molecule has 1 aliphatic rings. The molecule has 0 unspecified atom stereocenters. The first-order valence-corrected chi connectivity index (χ1v) is 8.53. The van der Waals surface area contributed by atoms with E-state index in [2.05, 4.69) is 15.2 Å². The number of ether oxygens (including phenoxy) is 1. The molecule has 1 aliphatic heterocycles. The normalized spacial score (nSPS) is 16.1. The molecule has 3 heterocycles. The van der Waals surface area contributed by atoms with Crippen LogP contribution in [0.25, 0.3) is 11.0 Å². The number of halogens is 3. The minimum Gasteiger partial charge on any atom is -0.379 e. The van der Waals surface area contributed by atoms with Gasteiger partial charge in [0.25, 0.3) is 0 Å². The van der Waals surface area contributed by atoms with E-state index in [1.54, 1.807) is 12.1 Å². The second-order valence-corrected chi connectivity index (χ2v) is 6.15. The highest BCUT2D eigenvalue weighted by Crippen LogP contribution is 2.33. The van der Waals surface area contributed by atoms with Gasteiger partial charge in [0, 0.05) is 50.7 Å². The number of aromatic nitrogens is 2. The molecule has 2 aromatic rings. The highest BCUT2D eigenvalue weighted by molar-refractivity contribution is 5.79. The number of hydrogen-bond donors (Lipinski definition) is 1. The minimum absolute atomic E-state index is 0.0352. The van der Waals surface area contributed by atoms with Crippen LogP contribution in [-0.2, 0) is 22.3 Å². The first kappa shape index (κ1) is 18.7. The maximum absolute atomic E-state index is 13.3. The van der Waals surface area contributed by atoms with Crippen LogP contribution in [0, 0.1) is 0 Å². The first-order chi connectivity index (χ1) is 12.4. The average molecular weight is 370 g/mol. The molecule has 26 heavy (non-hydrogen) atoms. The topological polar surface area (TPSA) is 59.4 Å². The van der Waals surface area contributed by atoms with Gasteiger partial charge < -0.3 is 14.6 Å². The minimum atomic E-state index is -4.49. The number of nitrogens with zero attached hydrogens (tertiary/aromatic N) is 3. The smallest absolute Gasteiger partial charge is 0.379 e. The summed E-state index contributed by atoms with van der Waals surface area (Å²) >= 11 is 0. The standard InChI is InChI=1S/C17H21F3N4O2/c18-17(19,20)14-12-13-2-1-4-22-16(13)24(14)6-3-15(25)21-5-7-23-8-10-26-11-9-23/h1-2,4,12H,3,5-11H2,(H,21,25). The van der Waals surface area contributed by atoms with E-state index in [1.807, 2.05) is 0 Å². The number of morpholine rings is 1. The third-order valence-electron chi connectivity index (χ3n) is 4.36. The molecule has 9 heteroatoms. The molecule has 0 aliphatic carbocycles. The molecule has 3 rings (SSSR count). The fourth-order valence-corrected chi connectivity index (χ4v) is 3.03. The Balaban J connectivity index is 1.57. The van der Waals surface area contributed by atoms with Crippen molar-refractivity contribution in [2.45, 2.75) is 19.1 Å². The fraction of sp³-hybridized carbons (Fsp3) is 0.529. The van der Waals surface area contributed by atoms with Crippen LogP contribution in [0.15, 0.2) is 24.4 Å². The van der Waals surface area contributed by atoms with Gasteiger partial charge in [0.05, 0.1) is 13.2 Å². The number of carbonyl (C=O) groups is 1. The molecule has 0 aromatic carbocycles. The van der Waals surface area contributed by atoms with Gasteiger partial charge in [0.2, 0.25) is 5.91 Å². The third-order valence-corrected chi connectivity index (χ3v) is 4.36. The number of fused-ring (bicyclic) bond motifs is 1. The lowest BCUT2D eigenvalue weighted by molar-refractivity contribution is -0.143. The van der Waals surface area contributed by atoms with E-state index in [9.17, 15) is 18.0 Å². The molecule has 2 aromatic heterocycles.